The van der Waals surface area contributed by atoms with Crippen molar-refractivity contribution in [1.82, 2.24) is 4.90 Å². The van der Waals surface area contributed by atoms with Crippen LogP contribution in [0.4, 0.5) is 11.4 Å². The summed E-state index contributed by atoms with van der Waals surface area (Å²) >= 11 is 0. The molecule has 0 radical (unpaired) electrons. The first kappa shape index (κ1) is 15.2. The third-order valence-electron chi connectivity index (χ3n) is 3.85. The molecule has 0 aliphatic carbocycles. The average molecular weight is 292 g/mol. The summed E-state index contributed by atoms with van der Waals surface area (Å²) < 4.78 is 0. The molecule has 2 rings (SSSR count). The zero-order chi connectivity index (χ0) is 15.4. The molecule has 3 N–H and O–H groups in total. The Morgan fingerprint density at radius 3 is 2.90 bits per heavy atom. The molecule has 0 spiro atoms. The summed E-state index contributed by atoms with van der Waals surface area (Å²) in [5, 5.41) is 13.8. The van der Waals surface area contributed by atoms with Gasteiger partial charge in [0.15, 0.2) is 0 Å². The van der Waals surface area contributed by atoms with E-state index in [1.165, 1.54) is 6.07 Å². The number of primary amides is 1. The van der Waals surface area contributed by atoms with Crippen molar-refractivity contribution in [1.29, 1.82) is 0 Å². The van der Waals surface area contributed by atoms with Crippen LogP contribution < -0.4 is 11.1 Å². The van der Waals surface area contributed by atoms with Gasteiger partial charge in [-0.15, -0.1) is 0 Å². The Hall–Kier alpha value is -2.15. The summed E-state index contributed by atoms with van der Waals surface area (Å²) in [5.41, 5.74) is 6.90. The van der Waals surface area contributed by atoms with Gasteiger partial charge in [0.1, 0.15) is 5.69 Å². The highest BCUT2D eigenvalue weighted by molar-refractivity contribution is 5.79. The summed E-state index contributed by atoms with van der Waals surface area (Å²) in [6.45, 7) is 1.39. The van der Waals surface area contributed by atoms with Gasteiger partial charge in [-0.05, 0) is 31.0 Å². The van der Waals surface area contributed by atoms with Gasteiger partial charge in [-0.3, -0.25) is 19.8 Å². The predicted octanol–water partition coefficient (Wildman–Crippen LogP) is 1.48. The van der Waals surface area contributed by atoms with Crippen LogP contribution in [-0.4, -0.2) is 35.4 Å². The van der Waals surface area contributed by atoms with Crippen molar-refractivity contribution >= 4 is 17.3 Å². The molecule has 21 heavy (non-hydrogen) atoms. The molecule has 1 heterocycles. The van der Waals surface area contributed by atoms with Gasteiger partial charge in [0.05, 0.1) is 11.0 Å². The molecule has 7 heteroatoms. The van der Waals surface area contributed by atoms with Crippen molar-refractivity contribution in [2.45, 2.75) is 31.8 Å². The molecule has 1 amide bonds. The number of amides is 1. The second-order valence-electron chi connectivity index (χ2n) is 5.24. The molecule has 1 unspecified atom stereocenters. The van der Waals surface area contributed by atoms with Crippen molar-refractivity contribution in [2.75, 3.05) is 18.9 Å². The van der Waals surface area contributed by atoms with E-state index in [-0.39, 0.29) is 17.6 Å². The van der Waals surface area contributed by atoms with Gasteiger partial charge in [0.2, 0.25) is 5.91 Å². The summed E-state index contributed by atoms with van der Waals surface area (Å²) in [5.74, 6) is -0.301. The second-order valence-corrected chi connectivity index (χ2v) is 5.24. The molecule has 0 saturated carbocycles. The van der Waals surface area contributed by atoms with Gasteiger partial charge in [-0.1, -0.05) is 12.5 Å². The fourth-order valence-electron chi connectivity index (χ4n) is 2.78. The van der Waals surface area contributed by atoms with Crippen LogP contribution in [0.15, 0.2) is 18.2 Å². The number of carbonyl (C=O) groups is 1. The lowest BCUT2D eigenvalue weighted by atomic mass is 10.0. The van der Waals surface area contributed by atoms with Crippen LogP contribution in [0.1, 0.15) is 24.8 Å². The number of benzene rings is 1. The molecule has 0 aromatic heterocycles. The maximum atomic E-state index is 11.5. The van der Waals surface area contributed by atoms with E-state index in [1.54, 1.807) is 19.2 Å². The minimum absolute atomic E-state index is 0.0475. The van der Waals surface area contributed by atoms with Crippen molar-refractivity contribution in [3.05, 3.63) is 33.9 Å². The molecule has 1 aromatic carbocycles. The van der Waals surface area contributed by atoms with Crippen molar-refractivity contribution in [3.8, 4) is 0 Å². The zero-order valence-electron chi connectivity index (χ0n) is 12.0. The number of likely N-dealkylation sites (tertiary alicyclic amines) is 1. The Balaban J connectivity index is 2.18. The Morgan fingerprint density at radius 1 is 1.52 bits per heavy atom. The van der Waals surface area contributed by atoms with Gasteiger partial charge in [-0.25, -0.2) is 0 Å². The number of hydrogen-bond donors (Lipinski definition) is 2. The smallest absolute Gasteiger partial charge is 0.292 e. The molecule has 1 aliphatic heterocycles. The van der Waals surface area contributed by atoms with E-state index in [1.807, 2.05) is 4.90 Å². The van der Waals surface area contributed by atoms with Crippen LogP contribution >= 0.6 is 0 Å². The molecule has 1 saturated heterocycles. The molecule has 0 bridgehead atoms. The molecule has 114 valence electrons. The lowest BCUT2D eigenvalue weighted by Gasteiger charge is -2.33. The Bertz CT molecular complexity index is 547. The number of piperidine rings is 1. The Morgan fingerprint density at radius 2 is 2.29 bits per heavy atom. The summed E-state index contributed by atoms with van der Waals surface area (Å²) in [4.78, 5) is 24.1. The highest BCUT2D eigenvalue weighted by Crippen LogP contribution is 2.27. The summed E-state index contributed by atoms with van der Waals surface area (Å²) in [6, 6.07) is 4.73. The lowest BCUT2D eigenvalue weighted by Crippen LogP contribution is -2.47. The lowest BCUT2D eigenvalue weighted by molar-refractivity contribution is -0.384. The third kappa shape index (κ3) is 3.49. The number of nitro groups is 1. The van der Waals surface area contributed by atoms with Crippen molar-refractivity contribution in [3.63, 3.8) is 0 Å². The van der Waals surface area contributed by atoms with Crippen LogP contribution in [0.5, 0.6) is 0 Å². The van der Waals surface area contributed by atoms with Gasteiger partial charge in [0.25, 0.3) is 5.69 Å². The minimum atomic E-state index is -0.414. The predicted molar refractivity (Wildman–Crippen MR) is 79.9 cm³/mol. The topological polar surface area (TPSA) is 102 Å². The Labute approximate surface area is 123 Å². The minimum Gasteiger partial charge on any atom is -0.383 e. The first-order chi connectivity index (χ1) is 10.0. The van der Waals surface area contributed by atoms with Gasteiger partial charge >= 0.3 is 0 Å². The van der Waals surface area contributed by atoms with Crippen molar-refractivity contribution in [2.24, 2.45) is 5.73 Å². The van der Waals surface area contributed by atoms with Crippen LogP contribution in [0.3, 0.4) is 0 Å². The number of rotatable bonds is 5. The maximum Gasteiger partial charge on any atom is 0.292 e. The fraction of sp³-hybridized carbons (Fsp3) is 0.500. The van der Waals surface area contributed by atoms with E-state index in [9.17, 15) is 14.9 Å². The van der Waals surface area contributed by atoms with Crippen LogP contribution in [0.25, 0.3) is 0 Å². The Kier molecular flexibility index (Phi) is 4.74. The van der Waals surface area contributed by atoms with Crippen molar-refractivity contribution < 1.29 is 9.72 Å². The largest absolute Gasteiger partial charge is 0.383 e. The highest BCUT2D eigenvalue weighted by Gasteiger charge is 2.27. The van der Waals surface area contributed by atoms with E-state index in [2.05, 4.69) is 5.32 Å². The number of nitrogens with two attached hydrogens (primary N) is 1. The molecular formula is C14H20N4O3. The molecule has 7 nitrogen and oxygen atoms in total. The SMILES string of the molecule is CNc1cc(CN2CCCCC2C(N)=O)ccc1[N+](=O)[O-]. The first-order valence-corrected chi connectivity index (χ1v) is 7.01. The number of nitro benzene ring substituents is 1. The average Bonchev–Trinajstić information content (AvgIpc) is 2.47. The monoisotopic (exact) mass is 292 g/mol. The maximum absolute atomic E-state index is 11.5. The van der Waals surface area contributed by atoms with E-state index in [4.69, 9.17) is 5.73 Å². The quantitative estimate of drug-likeness (QED) is 0.632. The number of carbonyl (C=O) groups excluding carboxylic acids is 1. The van der Waals surface area contributed by atoms with Crippen LogP contribution in [0, 0.1) is 10.1 Å². The van der Waals surface area contributed by atoms with Gasteiger partial charge in [-0.2, -0.15) is 0 Å². The molecule has 1 aliphatic rings. The number of anilines is 1. The highest BCUT2D eigenvalue weighted by atomic mass is 16.6. The number of nitrogens with zero attached hydrogens (tertiary/aromatic N) is 2. The van der Waals surface area contributed by atoms with Crippen LogP contribution in [0.2, 0.25) is 0 Å². The normalized spacial score (nSPS) is 19.2. The second kappa shape index (κ2) is 6.53. The summed E-state index contributed by atoms with van der Waals surface area (Å²) in [6.07, 6.45) is 2.82. The van der Waals surface area contributed by atoms with E-state index in [0.717, 1.165) is 31.4 Å². The molecular weight excluding hydrogens is 272 g/mol. The molecule has 1 aromatic rings. The molecule has 1 atom stereocenters. The fourth-order valence-corrected chi connectivity index (χ4v) is 2.78. The third-order valence-corrected chi connectivity index (χ3v) is 3.85. The first-order valence-electron chi connectivity index (χ1n) is 7.01. The van der Waals surface area contributed by atoms with E-state index >= 15 is 0 Å². The van der Waals surface area contributed by atoms with Gasteiger partial charge in [0, 0.05) is 19.7 Å². The molecule has 1 fully saturated rings. The standard InChI is InChI=1S/C14H20N4O3/c1-16-11-8-10(5-6-12(11)18(20)21)9-17-7-3-2-4-13(17)14(15)19/h5-6,8,13,16H,2-4,7,9H2,1H3,(H2,15,19). The van der Waals surface area contributed by atoms with Crippen LogP contribution in [-0.2, 0) is 11.3 Å². The number of nitrogens with one attached hydrogen (secondary N) is 1. The zero-order valence-corrected chi connectivity index (χ0v) is 12.0. The van der Waals surface area contributed by atoms with E-state index in [0.29, 0.717) is 12.2 Å². The summed E-state index contributed by atoms with van der Waals surface area (Å²) in [7, 11) is 1.65. The van der Waals surface area contributed by atoms with E-state index < -0.39 is 4.92 Å². The van der Waals surface area contributed by atoms with Gasteiger partial charge < -0.3 is 11.1 Å². The number of hydrogen-bond acceptors (Lipinski definition) is 5.